The van der Waals surface area contributed by atoms with Gasteiger partial charge < -0.3 is 31.2 Å². The van der Waals surface area contributed by atoms with Crippen molar-refractivity contribution in [2.45, 2.75) is 45.8 Å². The van der Waals surface area contributed by atoms with E-state index in [9.17, 15) is 19.5 Å². The summed E-state index contributed by atoms with van der Waals surface area (Å²) in [6.07, 6.45) is 1.96. The quantitative estimate of drug-likeness (QED) is 0.211. The third-order valence-electron chi connectivity index (χ3n) is 7.50. The van der Waals surface area contributed by atoms with Gasteiger partial charge in [-0.15, -0.1) is 0 Å². The molecule has 6 N–H and O–H groups in total. The van der Waals surface area contributed by atoms with E-state index >= 15 is 0 Å². The van der Waals surface area contributed by atoms with Crippen molar-refractivity contribution in [3.63, 3.8) is 0 Å². The van der Waals surface area contributed by atoms with E-state index in [1.165, 1.54) is 13.2 Å². The fourth-order valence-corrected chi connectivity index (χ4v) is 5.07. The summed E-state index contributed by atoms with van der Waals surface area (Å²) in [4.78, 5) is 47.4. The first kappa shape index (κ1) is 30.0. The maximum Gasteiger partial charge on any atom is 0.339 e. The Hall–Kier alpha value is -4.96. The molecule has 2 unspecified atom stereocenters. The van der Waals surface area contributed by atoms with Crippen molar-refractivity contribution in [2.24, 2.45) is 11.5 Å². The Morgan fingerprint density at radius 1 is 1.05 bits per heavy atom. The smallest absolute Gasteiger partial charge is 0.339 e. The molecule has 10 nitrogen and oxygen atoms in total. The first-order valence-corrected chi connectivity index (χ1v) is 13.5. The lowest BCUT2D eigenvalue weighted by atomic mass is 9.92. The van der Waals surface area contributed by atoms with Gasteiger partial charge in [-0.3, -0.25) is 9.59 Å². The number of nitrogens with two attached hydrogens (primary N) is 2. The predicted octanol–water partition coefficient (Wildman–Crippen LogP) is 4.16. The number of benzene rings is 3. The van der Waals surface area contributed by atoms with Crippen LogP contribution >= 0.6 is 0 Å². The Balaban J connectivity index is 1.70. The Labute approximate surface area is 244 Å². The minimum Gasteiger partial charge on any atom is -0.496 e. The lowest BCUT2D eigenvalue weighted by Crippen LogP contribution is -2.46. The third kappa shape index (κ3) is 6.34. The van der Waals surface area contributed by atoms with E-state index in [-0.39, 0.29) is 30.2 Å². The molecule has 10 heteroatoms. The highest BCUT2D eigenvalue weighted by Gasteiger charge is 2.30. The van der Waals surface area contributed by atoms with Crippen LogP contribution in [0.3, 0.4) is 0 Å². The molecule has 0 radical (unpaired) electrons. The molecule has 0 bridgehead atoms. The highest BCUT2D eigenvalue weighted by Crippen LogP contribution is 2.28. The van der Waals surface area contributed by atoms with Crippen LogP contribution in [0.2, 0.25) is 0 Å². The predicted molar refractivity (Wildman–Crippen MR) is 159 cm³/mol. The van der Waals surface area contributed by atoms with E-state index in [0.717, 1.165) is 22.4 Å². The summed E-state index contributed by atoms with van der Waals surface area (Å²) in [5.74, 6) is -1.30. The van der Waals surface area contributed by atoms with Gasteiger partial charge in [-0.05, 0) is 67.6 Å². The summed E-state index contributed by atoms with van der Waals surface area (Å²) in [6.45, 7) is 5.59. The average Bonchev–Trinajstić information content (AvgIpc) is 3.48. The molecule has 0 spiro atoms. The van der Waals surface area contributed by atoms with Gasteiger partial charge >= 0.3 is 5.97 Å². The van der Waals surface area contributed by atoms with E-state index in [4.69, 9.17) is 21.2 Å². The molecule has 0 aliphatic carbocycles. The average molecular weight is 570 g/mol. The summed E-state index contributed by atoms with van der Waals surface area (Å²) in [6, 6.07) is 16.4. The number of hydrogen-bond donors (Lipinski definition) is 4. The second-order valence-electron chi connectivity index (χ2n) is 10.2. The summed E-state index contributed by atoms with van der Waals surface area (Å²) in [5, 5.41) is 9.70. The molecule has 0 saturated heterocycles. The van der Waals surface area contributed by atoms with Crippen molar-refractivity contribution in [3.05, 3.63) is 106 Å². The van der Waals surface area contributed by atoms with Gasteiger partial charge in [0.15, 0.2) is 0 Å². The number of ether oxygens (including phenoxy) is 1. The van der Waals surface area contributed by atoms with E-state index in [1.54, 1.807) is 42.3 Å². The number of carboxylic acids is 1. The number of nitrogens with zero attached hydrogens (tertiary/aromatic N) is 2. The number of primary amides is 1. The molecule has 218 valence electrons. The summed E-state index contributed by atoms with van der Waals surface area (Å²) < 4.78 is 5.20. The molecule has 0 aliphatic rings. The maximum atomic E-state index is 14.1. The molecular formula is C32H35N5O5. The van der Waals surface area contributed by atoms with Crippen LogP contribution in [0, 0.1) is 13.8 Å². The number of rotatable bonds is 11. The van der Waals surface area contributed by atoms with Crippen molar-refractivity contribution >= 4 is 17.8 Å². The molecule has 2 atom stereocenters. The first-order chi connectivity index (χ1) is 20.0. The zero-order valence-corrected chi connectivity index (χ0v) is 24.0. The number of aryl methyl sites for hydroxylation is 1. The number of aromatic carboxylic acids is 1. The van der Waals surface area contributed by atoms with Crippen molar-refractivity contribution < 1.29 is 24.2 Å². The number of methoxy groups -OCH3 is 1. The van der Waals surface area contributed by atoms with E-state index in [0.29, 0.717) is 22.5 Å². The molecule has 1 heterocycles. The van der Waals surface area contributed by atoms with Crippen LogP contribution in [0.4, 0.5) is 0 Å². The van der Waals surface area contributed by atoms with Crippen LogP contribution in [-0.2, 0) is 17.8 Å². The number of H-pyrrole nitrogens is 1. The standard InChI is InChI=1S/C32H35N5O5/c1-18-10-12-23(29(34)38)19(2)24(18)15-26(33)31(39)37(17-21-11-13-28(42-4)25(14-21)32(40)41)20(3)30-35-16-27(36-30)22-8-6-5-7-9-22/h5-14,16,20,26H,15,17,33H2,1-4H3,(H2,34,38)(H,35,36)(H,40,41). The van der Waals surface area contributed by atoms with Gasteiger partial charge in [0.25, 0.3) is 0 Å². The number of carboxylic acid groups (broad SMARTS) is 1. The zero-order chi connectivity index (χ0) is 30.6. The lowest BCUT2D eigenvalue weighted by molar-refractivity contribution is -0.135. The maximum absolute atomic E-state index is 14.1. The molecular weight excluding hydrogens is 534 g/mol. The van der Waals surface area contributed by atoms with Crippen LogP contribution in [0.1, 0.15) is 61.8 Å². The molecule has 0 saturated carbocycles. The monoisotopic (exact) mass is 569 g/mol. The van der Waals surface area contributed by atoms with Crippen LogP contribution in [-0.4, -0.2) is 50.9 Å². The largest absolute Gasteiger partial charge is 0.496 e. The van der Waals surface area contributed by atoms with Gasteiger partial charge in [0.2, 0.25) is 11.8 Å². The van der Waals surface area contributed by atoms with Crippen LogP contribution in [0.25, 0.3) is 11.3 Å². The summed E-state index contributed by atoms with van der Waals surface area (Å²) in [7, 11) is 1.40. The molecule has 1 aromatic heterocycles. The molecule has 4 rings (SSSR count). The minimum absolute atomic E-state index is 0.0155. The van der Waals surface area contributed by atoms with Crippen LogP contribution < -0.4 is 16.2 Å². The number of hydrogen-bond acceptors (Lipinski definition) is 6. The highest BCUT2D eigenvalue weighted by atomic mass is 16.5. The van der Waals surface area contributed by atoms with Crippen LogP contribution in [0.5, 0.6) is 5.75 Å². The Bertz CT molecular complexity index is 1620. The Kier molecular flexibility index (Phi) is 9.07. The van der Waals surface area contributed by atoms with Crippen molar-refractivity contribution in [1.29, 1.82) is 0 Å². The SMILES string of the molecule is COc1ccc(CN(C(=O)C(N)Cc2c(C)ccc(C(N)=O)c2C)C(C)c2nc(-c3ccccc3)c[nH]2)cc1C(=O)O. The molecule has 2 amide bonds. The second kappa shape index (κ2) is 12.7. The number of imidazole rings is 1. The number of carbonyl (C=O) groups is 3. The number of carbonyl (C=O) groups excluding carboxylic acids is 2. The third-order valence-corrected chi connectivity index (χ3v) is 7.50. The number of nitrogens with one attached hydrogen (secondary N) is 1. The lowest BCUT2D eigenvalue weighted by Gasteiger charge is -2.31. The summed E-state index contributed by atoms with van der Waals surface area (Å²) in [5.41, 5.74) is 17.0. The topological polar surface area (TPSA) is 165 Å². The highest BCUT2D eigenvalue weighted by molar-refractivity contribution is 5.95. The fraction of sp³-hybridized carbons (Fsp3) is 0.250. The van der Waals surface area contributed by atoms with Gasteiger partial charge in [-0.1, -0.05) is 42.5 Å². The van der Waals surface area contributed by atoms with Gasteiger partial charge in [-0.2, -0.15) is 0 Å². The van der Waals surface area contributed by atoms with Crippen LogP contribution in [0.15, 0.2) is 66.9 Å². The molecule has 42 heavy (non-hydrogen) atoms. The van der Waals surface area contributed by atoms with E-state index in [2.05, 4.69) is 4.98 Å². The van der Waals surface area contributed by atoms with Gasteiger partial charge in [-0.25, -0.2) is 9.78 Å². The van der Waals surface area contributed by atoms with Gasteiger partial charge in [0.05, 0.1) is 24.9 Å². The molecule has 0 aliphatic heterocycles. The van der Waals surface area contributed by atoms with Crippen molar-refractivity contribution in [2.75, 3.05) is 7.11 Å². The second-order valence-corrected chi connectivity index (χ2v) is 10.2. The number of aromatic amines is 1. The molecule has 4 aromatic rings. The minimum atomic E-state index is -1.14. The number of aromatic nitrogens is 2. The first-order valence-electron chi connectivity index (χ1n) is 13.5. The Morgan fingerprint density at radius 2 is 1.76 bits per heavy atom. The number of amides is 2. The Morgan fingerprint density at radius 3 is 2.40 bits per heavy atom. The molecule has 0 fully saturated rings. The van der Waals surface area contributed by atoms with Crippen molar-refractivity contribution in [3.8, 4) is 17.0 Å². The molecule has 3 aromatic carbocycles. The van der Waals surface area contributed by atoms with Gasteiger partial charge in [0.1, 0.15) is 17.1 Å². The normalized spacial score (nSPS) is 12.4. The van der Waals surface area contributed by atoms with E-state index < -0.39 is 24.0 Å². The van der Waals surface area contributed by atoms with E-state index in [1.807, 2.05) is 44.2 Å². The summed E-state index contributed by atoms with van der Waals surface area (Å²) >= 11 is 0. The van der Waals surface area contributed by atoms with Crippen molar-refractivity contribution in [1.82, 2.24) is 14.9 Å². The van der Waals surface area contributed by atoms with Gasteiger partial charge in [0, 0.05) is 23.9 Å². The fourth-order valence-electron chi connectivity index (χ4n) is 5.07. The zero-order valence-electron chi connectivity index (χ0n) is 24.0.